The average molecular weight is 310 g/mol. The molecule has 0 unspecified atom stereocenters. The minimum atomic E-state index is -0.287. The monoisotopic (exact) mass is 310 g/mol. The van der Waals surface area contributed by atoms with E-state index in [1.54, 1.807) is 48.5 Å². The van der Waals surface area contributed by atoms with Gasteiger partial charge in [-0.3, -0.25) is 14.4 Å². The number of hydrogen-bond acceptors (Lipinski definition) is 3. The molecule has 0 heterocycles. The number of amides is 2. The molecule has 0 aliphatic heterocycles. The van der Waals surface area contributed by atoms with Gasteiger partial charge in [-0.15, -0.1) is 0 Å². The molecule has 2 aromatic carbocycles. The standard InChI is InChI=1S/C18H18N2O3/c1-12(21)16-5-3-4-6-17(16)20-18(23)15-9-7-14(8-10-15)11-19-13(2)22/h3-10H,11H2,1-2H3,(H,19,22)(H,20,23). The highest BCUT2D eigenvalue weighted by Crippen LogP contribution is 2.17. The molecule has 5 heteroatoms. The first-order valence-electron chi connectivity index (χ1n) is 7.22. The second-order valence-corrected chi connectivity index (χ2v) is 5.16. The van der Waals surface area contributed by atoms with Gasteiger partial charge >= 0.3 is 0 Å². The van der Waals surface area contributed by atoms with Gasteiger partial charge in [-0.2, -0.15) is 0 Å². The van der Waals surface area contributed by atoms with Crippen LogP contribution in [0.5, 0.6) is 0 Å². The molecule has 0 saturated heterocycles. The van der Waals surface area contributed by atoms with Crippen molar-refractivity contribution in [2.45, 2.75) is 20.4 Å². The van der Waals surface area contributed by atoms with Crippen molar-refractivity contribution in [3.8, 4) is 0 Å². The highest BCUT2D eigenvalue weighted by molar-refractivity contribution is 6.08. The Kier molecular flexibility index (Phi) is 5.25. The molecule has 0 radical (unpaired) electrons. The van der Waals surface area contributed by atoms with Crippen LogP contribution in [0.25, 0.3) is 0 Å². The molecule has 0 aliphatic carbocycles. The van der Waals surface area contributed by atoms with E-state index in [2.05, 4.69) is 10.6 Å². The fourth-order valence-corrected chi connectivity index (χ4v) is 2.09. The van der Waals surface area contributed by atoms with Crippen LogP contribution >= 0.6 is 0 Å². The van der Waals surface area contributed by atoms with Gasteiger partial charge in [0.15, 0.2) is 5.78 Å². The second kappa shape index (κ2) is 7.35. The van der Waals surface area contributed by atoms with Crippen LogP contribution in [-0.4, -0.2) is 17.6 Å². The van der Waals surface area contributed by atoms with Crippen molar-refractivity contribution in [2.75, 3.05) is 5.32 Å². The molecule has 0 atom stereocenters. The summed E-state index contributed by atoms with van der Waals surface area (Å²) in [6.07, 6.45) is 0. The lowest BCUT2D eigenvalue weighted by Gasteiger charge is -2.09. The summed E-state index contributed by atoms with van der Waals surface area (Å²) >= 11 is 0. The lowest BCUT2D eigenvalue weighted by molar-refractivity contribution is -0.119. The normalized spacial score (nSPS) is 10.0. The van der Waals surface area contributed by atoms with Crippen molar-refractivity contribution < 1.29 is 14.4 Å². The van der Waals surface area contributed by atoms with E-state index in [1.807, 2.05) is 0 Å². The van der Waals surface area contributed by atoms with E-state index in [0.717, 1.165) is 5.56 Å². The number of Topliss-reactive ketones (excluding diaryl/α,β-unsaturated/α-hetero) is 1. The maximum absolute atomic E-state index is 12.3. The zero-order valence-electron chi connectivity index (χ0n) is 13.1. The van der Waals surface area contributed by atoms with Crippen LogP contribution in [0.15, 0.2) is 48.5 Å². The Balaban J connectivity index is 2.09. The van der Waals surface area contributed by atoms with Crippen LogP contribution in [-0.2, 0) is 11.3 Å². The van der Waals surface area contributed by atoms with Gasteiger partial charge in [0.1, 0.15) is 0 Å². The molecule has 0 aromatic heterocycles. The van der Waals surface area contributed by atoms with Crippen LogP contribution < -0.4 is 10.6 Å². The number of carbonyl (C=O) groups is 3. The van der Waals surface area contributed by atoms with Crippen LogP contribution in [0.1, 0.15) is 40.1 Å². The Morgan fingerprint density at radius 2 is 1.57 bits per heavy atom. The number of benzene rings is 2. The molecule has 2 rings (SSSR count). The van der Waals surface area contributed by atoms with Crippen molar-refractivity contribution in [3.63, 3.8) is 0 Å². The van der Waals surface area contributed by atoms with Crippen LogP contribution in [0.2, 0.25) is 0 Å². The maximum atomic E-state index is 12.3. The first-order valence-corrected chi connectivity index (χ1v) is 7.22. The quantitative estimate of drug-likeness (QED) is 0.834. The third-order valence-electron chi connectivity index (χ3n) is 3.31. The van der Waals surface area contributed by atoms with Gasteiger partial charge in [-0.05, 0) is 36.8 Å². The third kappa shape index (κ3) is 4.51. The summed E-state index contributed by atoms with van der Waals surface area (Å²) in [6.45, 7) is 3.33. The van der Waals surface area contributed by atoms with Crippen LogP contribution in [0, 0.1) is 0 Å². The summed E-state index contributed by atoms with van der Waals surface area (Å²) in [6, 6.07) is 13.8. The summed E-state index contributed by atoms with van der Waals surface area (Å²) in [5.74, 6) is -0.496. The molecule has 2 N–H and O–H groups in total. The van der Waals surface area contributed by atoms with Crippen molar-refractivity contribution in [2.24, 2.45) is 0 Å². The highest BCUT2D eigenvalue weighted by atomic mass is 16.2. The van der Waals surface area contributed by atoms with Crippen LogP contribution in [0.4, 0.5) is 5.69 Å². The van der Waals surface area contributed by atoms with Crippen molar-refractivity contribution in [3.05, 3.63) is 65.2 Å². The minimum Gasteiger partial charge on any atom is -0.352 e. The number of ketones is 1. The molecule has 23 heavy (non-hydrogen) atoms. The Bertz CT molecular complexity index is 736. The van der Waals surface area contributed by atoms with E-state index < -0.39 is 0 Å². The molecule has 2 aromatic rings. The van der Waals surface area contributed by atoms with Gasteiger partial charge in [-0.1, -0.05) is 24.3 Å². The fourth-order valence-electron chi connectivity index (χ4n) is 2.09. The molecule has 0 fully saturated rings. The molecule has 5 nitrogen and oxygen atoms in total. The molecule has 2 amide bonds. The molecule has 0 spiro atoms. The summed E-state index contributed by atoms with van der Waals surface area (Å²) in [4.78, 5) is 34.7. The fraction of sp³-hybridized carbons (Fsp3) is 0.167. The first kappa shape index (κ1) is 16.4. The summed E-state index contributed by atoms with van der Waals surface area (Å²) in [7, 11) is 0. The highest BCUT2D eigenvalue weighted by Gasteiger charge is 2.11. The zero-order valence-corrected chi connectivity index (χ0v) is 13.1. The lowest BCUT2D eigenvalue weighted by Crippen LogP contribution is -2.19. The van der Waals surface area contributed by atoms with Gasteiger partial charge in [-0.25, -0.2) is 0 Å². The average Bonchev–Trinajstić information content (AvgIpc) is 2.53. The predicted molar refractivity (Wildman–Crippen MR) is 88.4 cm³/mol. The van der Waals surface area contributed by atoms with Gasteiger partial charge in [0, 0.05) is 24.6 Å². The summed E-state index contributed by atoms with van der Waals surface area (Å²) < 4.78 is 0. The number of hydrogen-bond donors (Lipinski definition) is 2. The molecular formula is C18H18N2O3. The van der Waals surface area contributed by atoms with E-state index >= 15 is 0 Å². The first-order chi connectivity index (χ1) is 11.0. The largest absolute Gasteiger partial charge is 0.352 e. The Labute approximate surface area is 134 Å². The van der Waals surface area contributed by atoms with Crippen LogP contribution in [0.3, 0.4) is 0 Å². The van der Waals surface area contributed by atoms with Crippen molar-refractivity contribution in [1.29, 1.82) is 0 Å². The number of anilines is 1. The van der Waals surface area contributed by atoms with Gasteiger partial charge in [0.2, 0.25) is 5.91 Å². The Hall–Kier alpha value is -2.95. The van der Waals surface area contributed by atoms with Gasteiger partial charge < -0.3 is 10.6 Å². The molecule has 118 valence electrons. The number of para-hydroxylation sites is 1. The van der Waals surface area contributed by atoms with Crippen molar-refractivity contribution in [1.82, 2.24) is 5.32 Å². The van der Waals surface area contributed by atoms with Gasteiger partial charge in [0.05, 0.1) is 5.69 Å². The minimum absolute atomic E-state index is 0.104. The smallest absolute Gasteiger partial charge is 0.255 e. The number of nitrogens with one attached hydrogen (secondary N) is 2. The third-order valence-corrected chi connectivity index (χ3v) is 3.31. The van der Waals surface area contributed by atoms with E-state index in [9.17, 15) is 14.4 Å². The molecule has 0 bridgehead atoms. The second-order valence-electron chi connectivity index (χ2n) is 5.16. The topological polar surface area (TPSA) is 75.3 Å². The molecular weight excluding hydrogens is 292 g/mol. The SMILES string of the molecule is CC(=O)NCc1ccc(C(=O)Nc2ccccc2C(C)=O)cc1. The maximum Gasteiger partial charge on any atom is 0.255 e. The summed E-state index contributed by atoms with van der Waals surface area (Å²) in [5, 5.41) is 5.44. The lowest BCUT2D eigenvalue weighted by atomic mass is 10.1. The number of rotatable bonds is 5. The van der Waals surface area contributed by atoms with Gasteiger partial charge in [0.25, 0.3) is 5.91 Å². The number of carbonyl (C=O) groups excluding carboxylic acids is 3. The van der Waals surface area contributed by atoms with E-state index in [4.69, 9.17) is 0 Å². The predicted octanol–water partition coefficient (Wildman–Crippen LogP) is 2.78. The Morgan fingerprint density at radius 1 is 0.913 bits per heavy atom. The zero-order chi connectivity index (χ0) is 16.8. The molecule has 0 aliphatic rings. The Morgan fingerprint density at radius 3 is 2.17 bits per heavy atom. The molecule has 0 saturated carbocycles. The van der Waals surface area contributed by atoms with E-state index in [-0.39, 0.29) is 17.6 Å². The van der Waals surface area contributed by atoms with E-state index in [1.165, 1.54) is 13.8 Å². The van der Waals surface area contributed by atoms with E-state index in [0.29, 0.717) is 23.4 Å². The van der Waals surface area contributed by atoms with Crippen molar-refractivity contribution >= 4 is 23.3 Å². The summed E-state index contributed by atoms with van der Waals surface area (Å²) in [5.41, 5.74) is 2.35.